The van der Waals surface area contributed by atoms with Gasteiger partial charge in [0.15, 0.2) is 0 Å². The fourth-order valence-corrected chi connectivity index (χ4v) is 5.58. The van der Waals surface area contributed by atoms with Crippen molar-refractivity contribution in [2.45, 2.75) is 39.8 Å². The first-order chi connectivity index (χ1) is 19.3. The van der Waals surface area contributed by atoms with E-state index < -0.39 is 34.8 Å². The molecule has 0 saturated carbocycles. The molecule has 2 atom stereocenters. The number of rotatable bonds is 14. The smallest absolute Gasteiger partial charge is 0.308 e. The van der Waals surface area contributed by atoms with E-state index in [1.807, 2.05) is 0 Å². The van der Waals surface area contributed by atoms with Crippen LogP contribution in [-0.2, 0) is 19.1 Å². The molecule has 2 aromatic rings. The number of ether oxygens (including phenoxy) is 2. The lowest BCUT2D eigenvalue weighted by Gasteiger charge is -2.23. The lowest BCUT2D eigenvalue weighted by Crippen LogP contribution is -2.39. The highest BCUT2D eigenvalue weighted by Gasteiger charge is 2.23. The van der Waals surface area contributed by atoms with E-state index in [-0.39, 0.29) is 40.0 Å². The summed E-state index contributed by atoms with van der Waals surface area (Å²) in [4.78, 5) is 49.0. The van der Waals surface area contributed by atoms with Crippen LogP contribution in [0.5, 0.6) is 5.75 Å². The van der Waals surface area contributed by atoms with Crippen LogP contribution in [0.15, 0.2) is 60.2 Å². The topological polar surface area (TPSA) is 111 Å². The third-order valence-corrected chi connectivity index (χ3v) is 7.51. The molecule has 0 aliphatic carbocycles. The van der Waals surface area contributed by atoms with Crippen LogP contribution in [0.1, 0.15) is 38.1 Å². The Kier molecular flexibility index (Phi) is 13.1. The SMILES string of the molecule is C=C(OCC)C(CSC(=C)C(CSC(=O)c1cc(-c2ccc(F)cc2F)ccc1OC(C)=O)NC(C)=O)NC(C)=O. The Balaban J connectivity index is 2.25. The van der Waals surface area contributed by atoms with Crippen LogP contribution in [0.25, 0.3) is 11.1 Å². The van der Waals surface area contributed by atoms with E-state index in [2.05, 4.69) is 23.8 Å². The molecule has 0 heterocycles. The fraction of sp³-hybridized carbons (Fsp3) is 0.310. The van der Waals surface area contributed by atoms with Gasteiger partial charge in [-0.25, -0.2) is 8.78 Å². The largest absolute Gasteiger partial charge is 0.497 e. The number of thioether (sulfide) groups is 2. The maximum Gasteiger partial charge on any atom is 0.308 e. The number of hydrogen-bond donors (Lipinski definition) is 2. The van der Waals surface area contributed by atoms with Crippen molar-refractivity contribution in [2.24, 2.45) is 0 Å². The average molecular weight is 607 g/mol. The number of amides is 2. The van der Waals surface area contributed by atoms with E-state index in [1.165, 1.54) is 56.8 Å². The van der Waals surface area contributed by atoms with Gasteiger partial charge in [0.1, 0.15) is 23.1 Å². The number of hydrogen-bond acceptors (Lipinski definition) is 8. The molecule has 2 N–H and O–H groups in total. The summed E-state index contributed by atoms with van der Waals surface area (Å²) in [6, 6.07) is 6.08. The molecule has 2 amide bonds. The van der Waals surface area contributed by atoms with Crippen LogP contribution < -0.4 is 15.4 Å². The van der Waals surface area contributed by atoms with Gasteiger partial charge >= 0.3 is 5.97 Å². The summed E-state index contributed by atoms with van der Waals surface area (Å²) in [5.41, 5.74) is 0.326. The average Bonchev–Trinajstić information content (AvgIpc) is 2.88. The number of esters is 1. The number of nitrogens with one attached hydrogen (secondary N) is 2. The predicted octanol–water partition coefficient (Wildman–Crippen LogP) is 5.24. The zero-order chi connectivity index (χ0) is 30.7. The Bertz CT molecular complexity index is 1330. The molecule has 8 nitrogen and oxygen atoms in total. The van der Waals surface area contributed by atoms with E-state index in [4.69, 9.17) is 9.47 Å². The maximum absolute atomic E-state index is 14.4. The van der Waals surface area contributed by atoms with Crippen LogP contribution in [0, 0.1) is 11.6 Å². The maximum atomic E-state index is 14.4. The Morgan fingerprint density at radius 1 is 0.902 bits per heavy atom. The minimum atomic E-state index is -0.820. The summed E-state index contributed by atoms with van der Waals surface area (Å²) in [7, 11) is 0. The van der Waals surface area contributed by atoms with Crippen molar-refractivity contribution in [1.29, 1.82) is 0 Å². The Labute approximate surface area is 246 Å². The van der Waals surface area contributed by atoms with Gasteiger partial charge in [-0.15, -0.1) is 11.8 Å². The van der Waals surface area contributed by atoms with Crippen LogP contribution in [-0.4, -0.2) is 53.1 Å². The highest BCUT2D eigenvalue weighted by Crippen LogP contribution is 2.32. The van der Waals surface area contributed by atoms with Crippen molar-refractivity contribution in [1.82, 2.24) is 10.6 Å². The third kappa shape index (κ3) is 10.7. The zero-order valence-electron chi connectivity index (χ0n) is 23.2. The van der Waals surface area contributed by atoms with Gasteiger partial charge in [0.05, 0.1) is 24.3 Å². The molecule has 12 heteroatoms. The number of carbonyl (C=O) groups excluding carboxylic acids is 4. The standard InChI is InChI=1S/C29H32F2N2O6S2/c1-7-38-16(2)26(32-18(4)34)14-40-17(3)27(33-19(5)35)15-41-29(37)24-12-21(8-11-28(24)39-20(6)36)23-10-9-22(30)13-25(23)31/h8-13,26-27H,2-3,7,14-15H2,1,4-6H3,(H,32,34)(H,33,35). The number of carbonyl (C=O) groups is 4. The molecule has 0 aliphatic rings. The second kappa shape index (κ2) is 16.0. The zero-order valence-corrected chi connectivity index (χ0v) is 24.8. The summed E-state index contributed by atoms with van der Waals surface area (Å²) < 4.78 is 38.5. The van der Waals surface area contributed by atoms with Crippen LogP contribution in [0.4, 0.5) is 8.78 Å². The Morgan fingerprint density at radius 2 is 1.54 bits per heavy atom. The first kappa shape index (κ1) is 33.6. The van der Waals surface area contributed by atoms with Gasteiger partial charge in [0.25, 0.3) is 0 Å². The van der Waals surface area contributed by atoms with Crippen molar-refractivity contribution in [2.75, 3.05) is 18.1 Å². The summed E-state index contributed by atoms with van der Waals surface area (Å²) in [5, 5.41) is 5.00. The molecule has 0 aromatic heterocycles. The summed E-state index contributed by atoms with van der Waals surface area (Å²) in [5.74, 6) is -2.12. The van der Waals surface area contributed by atoms with Crippen molar-refractivity contribution in [3.63, 3.8) is 0 Å². The molecular formula is C29H32F2N2O6S2. The molecule has 0 fully saturated rings. The number of benzene rings is 2. The van der Waals surface area contributed by atoms with Crippen LogP contribution >= 0.6 is 23.5 Å². The first-order valence-corrected chi connectivity index (χ1v) is 14.4. The molecule has 0 spiro atoms. The second-order valence-corrected chi connectivity index (χ2v) is 10.8. The quantitative estimate of drug-likeness (QED) is 0.171. The summed E-state index contributed by atoms with van der Waals surface area (Å²) in [6.07, 6.45) is 0. The van der Waals surface area contributed by atoms with Crippen LogP contribution in [0.2, 0.25) is 0 Å². The molecule has 0 aliphatic heterocycles. The predicted molar refractivity (Wildman–Crippen MR) is 157 cm³/mol. The molecule has 0 bridgehead atoms. The number of halogens is 2. The summed E-state index contributed by atoms with van der Waals surface area (Å²) >= 11 is 2.10. The van der Waals surface area contributed by atoms with Crippen LogP contribution in [0.3, 0.4) is 0 Å². The highest BCUT2D eigenvalue weighted by atomic mass is 32.2. The first-order valence-electron chi connectivity index (χ1n) is 12.4. The van der Waals surface area contributed by atoms with Gasteiger partial charge in [-0.1, -0.05) is 31.0 Å². The highest BCUT2D eigenvalue weighted by molar-refractivity contribution is 8.14. The van der Waals surface area contributed by atoms with E-state index in [0.717, 1.165) is 23.9 Å². The molecule has 0 radical (unpaired) electrons. The van der Waals surface area contributed by atoms with Gasteiger partial charge in [-0.3, -0.25) is 19.2 Å². The second-order valence-electron chi connectivity index (χ2n) is 8.71. The Morgan fingerprint density at radius 3 is 2.12 bits per heavy atom. The fourth-order valence-electron chi connectivity index (χ4n) is 3.56. The van der Waals surface area contributed by atoms with Crippen molar-refractivity contribution >= 4 is 46.4 Å². The lowest BCUT2D eigenvalue weighted by atomic mass is 10.0. The molecule has 2 aromatic carbocycles. The van der Waals surface area contributed by atoms with E-state index >= 15 is 0 Å². The molecule has 2 rings (SSSR count). The van der Waals surface area contributed by atoms with Crippen molar-refractivity contribution in [3.05, 3.63) is 77.4 Å². The normalized spacial score (nSPS) is 12.0. The van der Waals surface area contributed by atoms with Crippen molar-refractivity contribution in [3.8, 4) is 16.9 Å². The molecule has 0 saturated heterocycles. The molecular weight excluding hydrogens is 574 g/mol. The third-order valence-electron chi connectivity index (χ3n) is 5.37. The van der Waals surface area contributed by atoms with Crippen molar-refractivity contribution < 1.29 is 37.4 Å². The van der Waals surface area contributed by atoms with Gasteiger partial charge < -0.3 is 20.1 Å². The van der Waals surface area contributed by atoms with Gasteiger partial charge in [-0.05, 0) is 36.8 Å². The Hall–Kier alpha value is -3.64. The summed E-state index contributed by atoms with van der Waals surface area (Å²) in [6.45, 7) is 13.9. The van der Waals surface area contributed by atoms with E-state index in [9.17, 15) is 28.0 Å². The molecule has 41 heavy (non-hydrogen) atoms. The van der Waals surface area contributed by atoms with Gasteiger partial charge in [0, 0.05) is 48.8 Å². The lowest BCUT2D eigenvalue weighted by molar-refractivity contribution is -0.132. The molecule has 220 valence electrons. The van der Waals surface area contributed by atoms with E-state index in [1.54, 1.807) is 6.92 Å². The van der Waals surface area contributed by atoms with E-state index in [0.29, 0.717) is 23.0 Å². The minimum absolute atomic E-state index is 0.00926. The minimum Gasteiger partial charge on any atom is -0.497 e. The van der Waals surface area contributed by atoms with Gasteiger partial charge in [0.2, 0.25) is 16.9 Å². The monoisotopic (exact) mass is 606 g/mol. The molecule has 2 unspecified atom stereocenters. The van der Waals surface area contributed by atoms with Gasteiger partial charge in [-0.2, -0.15) is 0 Å².